The quantitative estimate of drug-likeness (QED) is 0.610. The first kappa shape index (κ1) is 22.1. The Morgan fingerprint density at radius 2 is 2.00 bits per heavy atom. The molecule has 8 nitrogen and oxygen atoms in total. The van der Waals surface area contributed by atoms with Crippen LogP contribution in [0.1, 0.15) is 36.5 Å². The summed E-state index contributed by atoms with van der Waals surface area (Å²) >= 11 is 6.38. The number of nitrogens with one attached hydrogen (secondary N) is 2. The smallest absolute Gasteiger partial charge is 0.263 e. The number of carbonyl (C=O) groups is 1. The van der Waals surface area contributed by atoms with Crippen LogP contribution in [-0.2, 0) is 7.05 Å². The number of benzene rings is 1. The van der Waals surface area contributed by atoms with Gasteiger partial charge >= 0.3 is 0 Å². The summed E-state index contributed by atoms with van der Waals surface area (Å²) in [6, 6.07) is 7.16. The molecule has 1 aliphatic heterocycles. The number of nitrogens with zero attached hydrogens (tertiary/aromatic N) is 4. The largest absolute Gasteiger partial charge is 0.355 e. The van der Waals surface area contributed by atoms with Gasteiger partial charge in [0.15, 0.2) is 5.82 Å². The Kier molecular flexibility index (Phi) is 6.32. The number of aromatic nitrogens is 3. The van der Waals surface area contributed by atoms with Gasteiger partial charge in [0, 0.05) is 38.3 Å². The van der Waals surface area contributed by atoms with Crippen LogP contribution in [0.25, 0.3) is 10.9 Å². The third-order valence-electron chi connectivity index (χ3n) is 6.16. The van der Waals surface area contributed by atoms with Gasteiger partial charge in [0.1, 0.15) is 10.6 Å². The minimum Gasteiger partial charge on any atom is -0.355 e. The summed E-state index contributed by atoms with van der Waals surface area (Å²) in [5, 5.41) is 6.95. The average Bonchev–Trinajstić information content (AvgIpc) is 2.82. The Balaban J connectivity index is 1.64. The number of rotatable bonds is 5. The first-order valence-corrected chi connectivity index (χ1v) is 11.2. The number of piperidine rings is 1. The fourth-order valence-corrected chi connectivity index (χ4v) is 4.27. The van der Waals surface area contributed by atoms with E-state index in [-0.39, 0.29) is 11.1 Å². The summed E-state index contributed by atoms with van der Waals surface area (Å²) in [4.78, 5) is 35.9. The summed E-state index contributed by atoms with van der Waals surface area (Å²) in [6.07, 6.45) is 5.11. The van der Waals surface area contributed by atoms with Crippen molar-refractivity contribution in [1.82, 2.24) is 19.9 Å². The highest BCUT2D eigenvalue weighted by atomic mass is 35.5. The minimum absolute atomic E-state index is 0.0949. The molecule has 1 aliphatic rings. The molecule has 2 N–H and O–H groups in total. The lowest BCUT2D eigenvalue weighted by molar-refractivity contribution is 0.0961. The lowest BCUT2D eigenvalue weighted by atomic mass is 9.95. The maximum absolute atomic E-state index is 12.5. The normalized spacial score (nSPS) is 14.6. The van der Waals surface area contributed by atoms with Crippen molar-refractivity contribution in [3.05, 3.63) is 51.4 Å². The van der Waals surface area contributed by atoms with Crippen molar-refractivity contribution in [2.75, 3.05) is 30.4 Å². The van der Waals surface area contributed by atoms with Gasteiger partial charge in [-0.3, -0.25) is 9.59 Å². The van der Waals surface area contributed by atoms with Crippen LogP contribution >= 0.6 is 11.6 Å². The highest BCUT2D eigenvalue weighted by Gasteiger charge is 2.21. The van der Waals surface area contributed by atoms with E-state index in [9.17, 15) is 9.59 Å². The van der Waals surface area contributed by atoms with E-state index < -0.39 is 5.91 Å². The second-order valence-electron chi connectivity index (χ2n) is 8.11. The molecule has 0 spiro atoms. The van der Waals surface area contributed by atoms with Gasteiger partial charge < -0.3 is 20.1 Å². The van der Waals surface area contributed by atoms with Crippen LogP contribution in [0.2, 0.25) is 5.02 Å². The lowest BCUT2D eigenvalue weighted by Crippen LogP contribution is -2.34. The Bertz CT molecular complexity index is 1220. The van der Waals surface area contributed by atoms with E-state index in [2.05, 4.69) is 32.4 Å². The molecule has 1 aromatic carbocycles. The number of hydrogen-bond acceptors (Lipinski definition) is 6. The molecule has 168 valence electrons. The van der Waals surface area contributed by atoms with E-state index in [4.69, 9.17) is 11.6 Å². The number of aryl methyl sites for hydroxylation is 1. The standard InChI is InChI=1S/C23H27ClN6O2/c1-4-14-7-9-30(10-8-14)23-26-13-18(24)20(28-23)27-16-5-6-19-15(11-16)12-17(21(31)25-2)22(32)29(19)3/h5-6,11-14H,4,7-10H2,1-3H3,(H,25,31)(H,26,27,28). The Labute approximate surface area is 191 Å². The molecule has 9 heteroatoms. The Morgan fingerprint density at radius 1 is 1.25 bits per heavy atom. The summed E-state index contributed by atoms with van der Waals surface area (Å²) in [7, 11) is 3.16. The van der Waals surface area contributed by atoms with Crippen LogP contribution in [0.5, 0.6) is 0 Å². The fourth-order valence-electron chi connectivity index (χ4n) is 4.13. The molecule has 1 amide bonds. The predicted octanol–water partition coefficient (Wildman–Crippen LogP) is 3.71. The van der Waals surface area contributed by atoms with E-state index in [0.29, 0.717) is 16.8 Å². The first-order valence-electron chi connectivity index (χ1n) is 10.8. The second kappa shape index (κ2) is 9.16. The number of anilines is 3. The van der Waals surface area contributed by atoms with Gasteiger partial charge in [-0.15, -0.1) is 0 Å². The molecule has 0 saturated carbocycles. The van der Waals surface area contributed by atoms with Crippen molar-refractivity contribution in [2.24, 2.45) is 13.0 Å². The minimum atomic E-state index is -0.416. The summed E-state index contributed by atoms with van der Waals surface area (Å²) in [5.74, 6) is 1.53. The molecular formula is C23H27ClN6O2. The van der Waals surface area contributed by atoms with Crippen LogP contribution in [0.4, 0.5) is 17.5 Å². The predicted molar refractivity (Wildman–Crippen MR) is 128 cm³/mol. The topological polar surface area (TPSA) is 92.2 Å². The second-order valence-corrected chi connectivity index (χ2v) is 8.51. The molecule has 1 saturated heterocycles. The molecule has 3 heterocycles. The number of amides is 1. The van der Waals surface area contributed by atoms with Gasteiger partial charge in [0.2, 0.25) is 5.95 Å². The van der Waals surface area contributed by atoms with Crippen LogP contribution in [0.15, 0.2) is 35.3 Å². The van der Waals surface area contributed by atoms with Crippen molar-refractivity contribution in [2.45, 2.75) is 26.2 Å². The SMILES string of the molecule is CCC1CCN(c2ncc(Cl)c(Nc3ccc4c(c3)cc(C(=O)NC)c(=O)n4C)n2)CC1. The molecule has 0 radical (unpaired) electrons. The van der Waals surface area contributed by atoms with Crippen LogP contribution < -0.4 is 21.1 Å². The van der Waals surface area contributed by atoms with E-state index >= 15 is 0 Å². The maximum Gasteiger partial charge on any atom is 0.263 e. The zero-order valence-corrected chi connectivity index (χ0v) is 19.2. The van der Waals surface area contributed by atoms with E-state index in [0.717, 1.165) is 48.4 Å². The van der Waals surface area contributed by atoms with Crippen molar-refractivity contribution < 1.29 is 4.79 Å². The van der Waals surface area contributed by atoms with E-state index in [1.807, 2.05) is 18.2 Å². The van der Waals surface area contributed by atoms with Gasteiger partial charge in [-0.05, 0) is 43.0 Å². The molecule has 0 bridgehead atoms. The third kappa shape index (κ3) is 4.27. The number of pyridine rings is 1. The molecule has 0 aliphatic carbocycles. The molecule has 2 aromatic heterocycles. The van der Waals surface area contributed by atoms with Crippen LogP contribution in [0.3, 0.4) is 0 Å². The van der Waals surface area contributed by atoms with Gasteiger partial charge in [-0.2, -0.15) is 4.98 Å². The molecule has 4 rings (SSSR count). The van der Waals surface area contributed by atoms with Gasteiger partial charge in [0.05, 0.1) is 11.7 Å². The highest BCUT2D eigenvalue weighted by molar-refractivity contribution is 6.32. The lowest BCUT2D eigenvalue weighted by Gasteiger charge is -2.31. The summed E-state index contributed by atoms with van der Waals surface area (Å²) < 4.78 is 1.47. The molecule has 32 heavy (non-hydrogen) atoms. The highest BCUT2D eigenvalue weighted by Crippen LogP contribution is 2.29. The maximum atomic E-state index is 12.5. The van der Waals surface area contributed by atoms with Gasteiger partial charge in [-0.25, -0.2) is 4.98 Å². The van der Waals surface area contributed by atoms with Gasteiger partial charge in [-0.1, -0.05) is 24.9 Å². The summed E-state index contributed by atoms with van der Waals surface area (Å²) in [5.41, 5.74) is 1.22. The van der Waals surface area contributed by atoms with Crippen LogP contribution in [0, 0.1) is 5.92 Å². The van der Waals surface area contributed by atoms with Crippen LogP contribution in [-0.4, -0.2) is 40.6 Å². The fraction of sp³-hybridized carbons (Fsp3) is 0.391. The van der Waals surface area contributed by atoms with Crippen molar-refractivity contribution in [3.8, 4) is 0 Å². The Morgan fingerprint density at radius 3 is 2.69 bits per heavy atom. The third-order valence-corrected chi connectivity index (χ3v) is 6.44. The zero-order valence-electron chi connectivity index (χ0n) is 18.5. The number of hydrogen-bond donors (Lipinski definition) is 2. The summed E-state index contributed by atoms with van der Waals surface area (Å²) in [6.45, 7) is 4.11. The Hall–Kier alpha value is -3.13. The first-order chi connectivity index (χ1) is 15.4. The van der Waals surface area contributed by atoms with Crippen molar-refractivity contribution in [1.29, 1.82) is 0 Å². The zero-order chi connectivity index (χ0) is 22.8. The van der Waals surface area contributed by atoms with Gasteiger partial charge in [0.25, 0.3) is 11.5 Å². The van der Waals surface area contributed by atoms with Crippen molar-refractivity contribution in [3.63, 3.8) is 0 Å². The van der Waals surface area contributed by atoms with E-state index in [1.165, 1.54) is 18.0 Å². The monoisotopic (exact) mass is 454 g/mol. The van der Waals surface area contributed by atoms with Crippen molar-refractivity contribution >= 4 is 45.9 Å². The molecule has 1 fully saturated rings. The molecule has 0 unspecified atom stereocenters. The number of carbonyl (C=O) groups excluding carboxylic acids is 1. The van der Waals surface area contributed by atoms with E-state index in [1.54, 1.807) is 19.3 Å². The molecular weight excluding hydrogens is 428 g/mol. The number of fused-ring (bicyclic) bond motifs is 1. The number of halogens is 1. The average molecular weight is 455 g/mol. The molecule has 0 atom stereocenters. The molecule has 3 aromatic rings.